The van der Waals surface area contributed by atoms with Crippen molar-refractivity contribution in [2.24, 2.45) is 0 Å². The summed E-state index contributed by atoms with van der Waals surface area (Å²) in [5, 5.41) is 6.15. The number of hydrogen-bond acceptors (Lipinski definition) is 6. The first kappa shape index (κ1) is 17.8. The molecule has 1 aliphatic heterocycles. The summed E-state index contributed by atoms with van der Waals surface area (Å²) in [5.41, 5.74) is 2.81. The summed E-state index contributed by atoms with van der Waals surface area (Å²) in [6.45, 7) is 5.11. The van der Waals surface area contributed by atoms with Gasteiger partial charge in [0.05, 0.1) is 12.7 Å². The Labute approximate surface area is 152 Å². The zero-order valence-corrected chi connectivity index (χ0v) is 15.1. The third kappa shape index (κ3) is 3.66. The molecule has 1 aliphatic rings. The van der Waals surface area contributed by atoms with Crippen LogP contribution in [0.1, 0.15) is 57.6 Å². The molecule has 0 aliphatic carbocycles. The van der Waals surface area contributed by atoms with Gasteiger partial charge in [0.2, 0.25) is 0 Å². The maximum absolute atomic E-state index is 12.1. The summed E-state index contributed by atoms with van der Waals surface area (Å²) in [4.78, 5) is 32.7. The van der Waals surface area contributed by atoms with Gasteiger partial charge >= 0.3 is 5.97 Å². The number of fused-ring (bicyclic) bond motifs is 1. The Morgan fingerprint density at radius 2 is 2.00 bits per heavy atom. The van der Waals surface area contributed by atoms with E-state index in [0.29, 0.717) is 42.4 Å². The van der Waals surface area contributed by atoms with E-state index >= 15 is 0 Å². The molecule has 136 valence electrons. The van der Waals surface area contributed by atoms with Gasteiger partial charge in [-0.25, -0.2) is 14.8 Å². The highest BCUT2D eigenvalue weighted by Gasteiger charge is 2.24. The van der Waals surface area contributed by atoms with Crippen LogP contribution in [0.5, 0.6) is 0 Å². The van der Waals surface area contributed by atoms with Crippen molar-refractivity contribution in [2.45, 2.75) is 32.7 Å². The molecule has 0 spiro atoms. The number of carbonyl (C=O) groups excluding carboxylic acids is 2. The maximum Gasteiger partial charge on any atom is 0.337 e. The Hall–Kier alpha value is -2.96. The Morgan fingerprint density at radius 1 is 1.27 bits per heavy atom. The first-order valence-electron chi connectivity index (χ1n) is 8.59. The van der Waals surface area contributed by atoms with Gasteiger partial charge in [-0.2, -0.15) is 0 Å². The van der Waals surface area contributed by atoms with Crippen LogP contribution < -0.4 is 10.6 Å². The molecule has 0 bridgehead atoms. The largest absolute Gasteiger partial charge is 0.465 e. The van der Waals surface area contributed by atoms with Crippen molar-refractivity contribution in [3.63, 3.8) is 0 Å². The van der Waals surface area contributed by atoms with Crippen LogP contribution >= 0.6 is 0 Å². The number of benzene rings is 1. The van der Waals surface area contributed by atoms with E-state index in [4.69, 9.17) is 4.74 Å². The van der Waals surface area contributed by atoms with Crippen molar-refractivity contribution < 1.29 is 14.3 Å². The fourth-order valence-corrected chi connectivity index (χ4v) is 2.78. The van der Waals surface area contributed by atoms with Crippen LogP contribution in [-0.2, 0) is 17.7 Å². The number of esters is 1. The molecular weight excluding hydrogens is 332 g/mol. The van der Waals surface area contributed by atoms with Crippen LogP contribution in [0.4, 0.5) is 5.82 Å². The van der Waals surface area contributed by atoms with Gasteiger partial charge in [-0.1, -0.05) is 26.0 Å². The van der Waals surface area contributed by atoms with Gasteiger partial charge in [-0.15, -0.1) is 0 Å². The van der Waals surface area contributed by atoms with Gasteiger partial charge in [-0.05, 0) is 24.1 Å². The topological polar surface area (TPSA) is 93.2 Å². The number of anilines is 1. The second kappa shape index (κ2) is 7.51. The molecule has 0 atom stereocenters. The van der Waals surface area contributed by atoms with Crippen molar-refractivity contribution in [3.8, 4) is 0 Å². The smallest absolute Gasteiger partial charge is 0.337 e. The fraction of sp³-hybridized carbons (Fsp3) is 0.368. The SMILES string of the molecule is COC(=O)c1ccc(CNc2nc(C(C)C)nc3c2CCNC3=O)cc1. The molecule has 1 aromatic heterocycles. The van der Waals surface area contributed by atoms with Gasteiger partial charge in [0.15, 0.2) is 0 Å². The second-order valence-electron chi connectivity index (χ2n) is 6.46. The van der Waals surface area contributed by atoms with Gasteiger partial charge in [0, 0.05) is 24.6 Å². The summed E-state index contributed by atoms with van der Waals surface area (Å²) in [6.07, 6.45) is 0.697. The highest BCUT2D eigenvalue weighted by Crippen LogP contribution is 2.23. The monoisotopic (exact) mass is 354 g/mol. The lowest BCUT2D eigenvalue weighted by Crippen LogP contribution is -2.34. The van der Waals surface area contributed by atoms with Crippen LogP contribution in [0.15, 0.2) is 24.3 Å². The average Bonchev–Trinajstić information content (AvgIpc) is 2.66. The van der Waals surface area contributed by atoms with Crippen molar-refractivity contribution >= 4 is 17.7 Å². The molecular formula is C19H22N4O3. The summed E-state index contributed by atoms with van der Waals surface area (Å²) in [7, 11) is 1.36. The van der Waals surface area contributed by atoms with Crippen LogP contribution in [-0.4, -0.2) is 35.5 Å². The van der Waals surface area contributed by atoms with Crippen LogP contribution in [0.2, 0.25) is 0 Å². The summed E-state index contributed by atoms with van der Waals surface area (Å²) >= 11 is 0. The molecule has 0 radical (unpaired) electrons. The average molecular weight is 354 g/mol. The standard InChI is InChI=1S/C19H22N4O3/c1-11(2)16-22-15-14(8-9-20-18(15)24)17(23-16)21-10-12-4-6-13(7-5-12)19(25)26-3/h4-7,11H,8-10H2,1-3H3,(H,20,24)(H,21,22,23). The van der Waals surface area contributed by atoms with E-state index in [1.165, 1.54) is 7.11 Å². The van der Waals surface area contributed by atoms with E-state index in [1.54, 1.807) is 12.1 Å². The van der Waals surface area contributed by atoms with Crippen LogP contribution in [0.25, 0.3) is 0 Å². The van der Waals surface area contributed by atoms with E-state index in [1.807, 2.05) is 26.0 Å². The van der Waals surface area contributed by atoms with Gasteiger partial charge in [0.1, 0.15) is 17.3 Å². The maximum atomic E-state index is 12.1. The molecule has 0 fully saturated rings. The van der Waals surface area contributed by atoms with Crippen molar-refractivity contribution in [3.05, 3.63) is 52.5 Å². The minimum atomic E-state index is -0.359. The van der Waals surface area contributed by atoms with E-state index < -0.39 is 0 Å². The number of hydrogen-bond donors (Lipinski definition) is 2. The lowest BCUT2D eigenvalue weighted by atomic mass is 10.0. The number of amides is 1. The van der Waals surface area contributed by atoms with E-state index in [9.17, 15) is 9.59 Å². The van der Waals surface area contributed by atoms with Crippen molar-refractivity contribution in [1.29, 1.82) is 0 Å². The van der Waals surface area contributed by atoms with Crippen LogP contribution in [0, 0.1) is 0 Å². The summed E-state index contributed by atoms with van der Waals surface area (Å²) < 4.78 is 4.70. The zero-order chi connectivity index (χ0) is 18.7. The number of aromatic nitrogens is 2. The van der Waals surface area contributed by atoms with E-state index in [0.717, 1.165) is 11.1 Å². The number of rotatable bonds is 5. The molecule has 26 heavy (non-hydrogen) atoms. The molecule has 1 amide bonds. The Bertz CT molecular complexity index is 831. The normalized spacial score (nSPS) is 13.2. The zero-order valence-electron chi connectivity index (χ0n) is 15.1. The summed E-state index contributed by atoms with van der Waals surface area (Å²) in [6, 6.07) is 7.18. The highest BCUT2D eigenvalue weighted by atomic mass is 16.5. The van der Waals surface area contributed by atoms with E-state index in [2.05, 4.69) is 20.6 Å². The molecule has 2 heterocycles. The molecule has 0 saturated carbocycles. The number of carbonyl (C=O) groups is 2. The quantitative estimate of drug-likeness (QED) is 0.800. The van der Waals surface area contributed by atoms with Crippen molar-refractivity contribution in [1.82, 2.24) is 15.3 Å². The molecule has 7 heteroatoms. The molecule has 0 unspecified atom stereocenters. The first-order valence-corrected chi connectivity index (χ1v) is 8.59. The molecule has 2 aromatic rings. The Kier molecular flexibility index (Phi) is 5.16. The minimum absolute atomic E-state index is 0.120. The summed E-state index contributed by atoms with van der Waals surface area (Å²) in [5.74, 6) is 0.952. The third-order valence-corrected chi connectivity index (χ3v) is 4.25. The second-order valence-corrected chi connectivity index (χ2v) is 6.46. The first-order chi connectivity index (χ1) is 12.5. The number of methoxy groups -OCH3 is 1. The number of ether oxygens (including phenoxy) is 1. The van der Waals surface area contributed by atoms with E-state index in [-0.39, 0.29) is 17.8 Å². The van der Waals surface area contributed by atoms with Gasteiger partial charge in [-0.3, -0.25) is 4.79 Å². The molecule has 1 aromatic carbocycles. The predicted octanol–water partition coefficient (Wildman–Crippen LogP) is 2.28. The molecule has 2 N–H and O–H groups in total. The molecule has 7 nitrogen and oxygen atoms in total. The third-order valence-electron chi connectivity index (χ3n) is 4.25. The predicted molar refractivity (Wildman–Crippen MR) is 97.3 cm³/mol. The van der Waals surface area contributed by atoms with Gasteiger partial charge in [0.25, 0.3) is 5.91 Å². The number of nitrogens with zero attached hydrogens (tertiary/aromatic N) is 2. The fourth-order valence-electron chi connectivity index (χ4n) is 2.78. The lowest BCUT2D eigenvalue weighted by molar-refractivity contribution is 0.0600. The molecule has 3 rings (SSSR count). The Balaban J connectivity index is 1.83. The highest BCUT2D eigenvalue weighted by molar-refractivity contribution is 5.96. The minimum Gasteiger partial charge on any atom is -0.465 e. The molecule has 0 saturated heterocycles. The lowest BCUT2D eigenvalue weighted by Gasteiger charge is -2.21. The number of nitrogens with one attached hydrogen (secondary N) is 2. The van der Waals surface area contributed by atoms with Crippen molar-refractivity contribution in [2.75, 3.05) is 19.0 Å². The van der Waals surface area contributed by atoms with Gasteiger partial charge < -0.3 is 15.4 Å². The van der Waals surface area contributed by atoms with Crippen LogP contribution in [0.3, 0.4) is 0 Å². The Morgan fingerprint density at radius 3 is 2.65 bits per heavy atom.